The van der Waals surface area contributed by atoms with E-state index in [1.807, 2.05) is 0 Å². The van der Waals surface area contributed by atoms with Gasteiger partial charge in [0.05, 0.1) is 5.69 Å². The number of rotatable bonds is 2. The Hall–Kier alpha value is -1.03. The second-order valence-electron chi connectivity index (χ2n) is 2.07. The van der Waals surface area contributed by atoms with Crippen molar-refractivity contribution in [1.82, 2.24) is 0 Å². The molecule has 0 atom stereocenters. The van der Waals surface area contributed by atoms with Gasteiger partial charge in [0, 0.05) is 6.07 Å². The van der Waals surface area contributed by atoms with E-state index >= 15 is 0 Å². The predicted molar refractivity (Wildman–Crippen MR) is 44.5 cm³/mol. The van der Waals surface area contributed by atoms with E-state index in [1.54, 1.807) is 0 Å². The lowest BCUT2D eigenvalue weighted by Crippen LogP contribution is -1.91. The van der Waals surface area contributed by atoms with Crippen molar-refractivity contribution in [2.24, 2.45) is 0 Å². The second-order valence-corrected chi connectivity index (χ2v) is 2.75. The zero-order valence-electron chi connectivity index (χ0n) is 6.01. The van der Waals surface area contributed by atoms with Crippen molar-refractivity contribution in [3.63, 3.8) is 0 Å². The maximum absolute atomic E-state index is 8.92. The number of anilines is 1. The van der Waals surface area contributed by atoms with Gasteiger partial charge in [0.25, 0.3) is 0 Å². The average Bonchev–Trinajstić information content (AvgIpc) is 1.94. The van der Waals surface area contributed by atoms with Crippen molar-refractivity contribution in [2.75, 3.05) is 5.73 Å². The van der Waals surface area contributed by atoms with Gasteiger partial charge in [-0.1, -0.05) is 0 Å². The van der Waals surface area contributed by atoms with Gasteiger partial charge in [-0.05, 0) is 12.1 Å². The molecule has 0 spiro atoms. The number of nitrogen functional groups attached to an aromatic ring is 1. The summed E-state index contributed by atoms with van der Waals surface area (Å²) in [6.45, 7) is 0. The van der Waals surface area contributed by atoms with Crippen molar-refractivity contribution >= 4 is 14.3 Å². The first kappa shape index (κ1) is 9.06. The third kappa shape index (κ3) is 2.23. The number of benzene rings is 1. The van der Waals surface area contributed by atoms with Gasteiger partial charge < -0.3 is 25.2 Å². The first-order valence-corrected chi connectivity index (χ1v) is 4.20. The molecule has 0 radical (unpaired) electrons. The summed E-state index contributed by atoms with van der Waals surface area (Å²) in [7, 11) is -2.46. The molecule has 0 fully saturated rings. The van der Waals surface area contributed by atoms with Gasteiger partial charge in [-0.2, -0.15) is 0 Å². The van der Waals surface area contributed by atoms with E-state index in [4.69, 9.17) is 20.6 Å². The molecular formula is C6H8NO4P. The highest BCUT2D eigenvalue weighted by molar-refractivity contribution is 7.39. The van der Waals surface area contributed by atoms with Crippen LogP contribution in [-0.2, 0) is 0 Å². The maximum Gasteiger partial charge on any atom is 0.391 e. The minimum atomic E-state index is -2.46. The second kappa shape index (κ2) is 3.58. The highest BCUT2D eigenvalue weighted by Crippen LogP contribution is 2.34. The lowest BCUT2D eigenvalue weighted by atomic mass is 10.3. The Morgan fingerprint density at radius 3 is 2.50 bits per heavy atom. The molecule has 12 heavy (non-hydrogen) atoms. The van der Waals surface area contributed by atoms with Crippen molar-refractivity contribution in [1.29, 1.82) is 0 Å². The normalized spacial score (nSPS) is 10.2. The number of nitrogens with two attached hydrogens (primary N) is 1. The molecule has 0 aliphatic rings. The predicted octanol–water partition coefficient (Wildman–Crippen LogP) is 0.565. The number of aromatic hydroxyl groups is 1. The molecule has 5 N–H and O–H groups in total. The minimum Gasteiger partial charge on any atom is -0.508 e. The fraction of sp³-hybridized carbons (Fsp3) is 0. The SMILES string of the molecule is Nc1cc(O)ccc1OP(O)O. The highest BCUT2D eigenvalue weighted by Gasteiger charge is 2.06. The molecule has 5 nitrogen and oxygen atoms in total. The van der Waals surface area contributed by atoms with Crippen LogP contribution in [0.25, 0.3) is 0 Å². The van der Waals surface area contributed by atoms with Gasteiger partial charge >= 0.3 is 8.60 Å². The molecule has 0 saturated carbocycles. The van der Waals surface area contributed by atoms with Crippen LogP contribution in [0.3, 0.4) is 0 Å². The summed E-state index contributed by atoms with van der Waals surface area (Å²) in [6, 6.07) is 3.95. The molecule has 66 valence electrons. The quantitative estimate of drug-likeness (QED) is 0.402. The molecule has 0 saturated heterocycles. The van der Waals surface area contributed by atoms with Crippen LogP contribution >= 0.6 is 8.60 Å². The molecule has 0 aliphatic heterocycles. The number of hydrogen-bond acceptors (Lipinski definition) is 5. The summed E-state index contributed by atoms with van der Waals surface area (Å²) >= 11 is 0. The number of phenolic OH excluding ortho intramolecular Hbond substituents is 1. The summed E-state index contributed by atoms with van der Waals surface area (Å²) in [4.78, 5) is 17.0. The van der Waals surface area contributed by atoms with Gasteiger partial charge in [0.2, 0.25) is 0 Å². The van der Waals surface area contributed by atoms with Gasteiger partial charge in [0.15, 0.2) is 5.75 Å². The van der Waals surface area contributed by atoms with Crippen LogP contribution in [-0.4, -0.2) is 14.9 Å². The summed E-state index contributed by atoms with van der Waals surface area (Å²) in [5.41, 5.74) is 5.53. The number of hydrogen-bond donors (Lipinski definition) is 4. The first-order valence-electron chi connectivity index (χ1n) is 3.04. The monoisotopic (exact) mass is 189 g/mol. The van der Waals surface area contributed by atoms with Crippen molar-refractivity contribution in [3.05, 3.63) is 18.2 Å². The first-order chi connectivity index (χ1) is 5.59. The van der Waals surface area contributed by atoms with Crippen LogP contribution in [0.1, 0.15) is 0 Å². The van der Waals surface area contributed by atoms with Gasteiger partial charge in [-0.15, -0.1) is 0 Å². The average molecular weight is 189 g/mol. The minimum absolute atomic E-state index is 0.0000531. The topological polar surface area (TPSA) is 95.9 Å². The Bertz CT molecular complexity index is 278. The largest absolute Gasteiger partial charge is 0.508 e. The van der Waals surface area contributed by atoms with Gasteiger partial charge in [-0.25, -0.2) is 0 Å². The van der Waals surface area contributed by atoms with Crippen LogP contribution in [0.2, 0.25) is 0 Å². The van der Waals surface area contributed by atoms with Crippen LogP contribution in [0.15, 0.2) is 18.2 Å². The van der Waals surface area contributed by atoms with Crippen molar-refractivity contribution in [3.8, 4) is 11.5 Å². The molecule has 1 aromatic carbocycles. The lowest BCUT2D eigenvalue weighted by Gasteiger charge is -2.07. The molecule has 0 heterocycles. The third-order valence-corrected chi connectivity index (χ3v) is 1.53. The summed E-state index contributed by atoms with van der Waals surface area (Å²) in [6.07, 6.45) is 0. The van der Waals surface area contributed by atoms with E-state index in [9.17, 15) is 0 Å². The molecule has 0 amide bonds. The van der Waals surface area contributed by atoms with Crippen LogP contribution in [0.5, 0.6) is 11.5 Å². The Kier molecular flexibility index (Phi) is 2.70. The summed E-state index contributed by atoms with van der Waals surface area (Å²) in [5, 5.41) is 8.92. The van der Waals surface area contributed by atoms with Crippen LogP contribution in [0, 0.1) is 0 Å². The molecule has 6 heteroatoms. The third-order valence-electron chi connectivity index (χ3n) is 1.17. The van der Waals surface area contributed by atoms with E-state index in [1.165, 1.54) is 18.2 Å². The van der Waals surface area contributed by atoms with Crippen LogP contribution < -0.4 is 10.3 Å². The van der Waals surface area contributed by atoms with E-state index < -0.39 is 8.60 Å². The smallest absolute Gasteiger partial charge is 0.391 e. The summed E-state index contributed by atoms with van der Waals surface area (Å²) < 4.78 is 4.54. The Morgan fingerprint density at radius 1 is 1.33 bits per heavy atom. The van der Waals surface area contributed by atoms with E-state index in [-0.39, 0.29) is 17.2 Å². The molecule has 0 bridgehead atoms. The fourth-order valence-corrected chi connectivity index (χ4v) is 1.05. The molecule has 0 aliphatic carbocycles. The zero-order valence-corrected chi connectivity index (χ0v) is 6.90. The van der Waals surface area contributed by atoms with Crippen LogP contribution in [0.4, 0.5) is 5.69 Å². The van der Waals surface area contributed by atoms with E-state index in [2.05, 4.69) is 4.52 Å². The Balaban J connectivity index is 2.86. The highest BCUT2D eigenvalue weighted by atomic mass is 31.2. The zero-order chi connectivity index (χ0) is 9.14. The van der Waals surface area contributed by atoms with Crippen molar-refractivity contribution in [2.45, 2.75) is 0 Å². The molecule has 1 aromatic rings. The number of phenols is 1. The van der Waals surface area contributed by atoms with E-state index in [0.29, 0.717) is 0 Å². The lowest BCUT2D eigenvalue weighted by molar-refractivity contribution is 0.375. The Morgan fingerprint density at radius 2 is 2.00 bits per heavy atom. The van der Waals surface area contributed by atoms with E-state index in [0.717, 1.165) is 0 Å². The fourth-order valence-electron chi connectivity index (χ4n) is 0.707. The molecular weight excluding hydrogens is 181 g/mol. The van der Waals surface area contributed by atoms with Gasteiger partial charge in [0.1, 0.15) is 5.75 Å². The molecule has 0 aromatic heterocycles. The standard InChI is InChI=1S/C6H8NO4P/c7-5-3-4(8)1-2-6(5)11-12(9)10/h1-3,8-10H,7H2. The summed E-state index contributed by atoms with van der Waals surface area (Å²) in [5.74, 6) is 0.143. The maximum atomic E-state index is 8.92. The van der Waals surface area contributed by atoms with Crippen molar-refractivity contribution < 1.29 is 19.4 Å². The molecule has 1 rings (SSSR count). The van der Waals surface area contributed by atoms with Gasteiger partial charge in [-0.3, -0.25) is 0 Å². The molecule has 0 unspecified atom stereocenters. The Labute approximate surface area is 70.0 Å².